The van der Waals surface area contributed by atoms with Gasteiger partial charge in [0.2, 0.25) is 0 Å². The first-order valence-corrected chi connectivity index (χ1v) is 6.38. The van der Waals surface area contributed by atoms with Crippen molar-refractivity contribution in [2.45, 2.75) is 31.8 Å². The predicted octanol–water partition coefficient (Wildman–Crippen LogP) is 1.38. The topological polar surface area (TPSA) is 41.3 Å². The van der Waals surface area contributed by atoms with Gasteiger partial charge in [-0.3, -0.25) is 4.68 Å². The Hall–Kier alpha value is -0.580. The van der Waals surface area contributed by atoms with Crippen LogP contribution < -0.4 is 0 Å². The number of piperidine rings is 1. The van der Waals surface area contributed by atoms with Crippen molar-refractivity contribution in [1.82, 2.24) is 14.7 Å². The van der Waals surface area contributed by atoms with E-state index in [4.69, 9.17) is 11.6 Å². The summed E-state index contributed by atoms with van der Waals surface area (Å²) in [5, 5.41) is 15.6. The van der Waals surface area contributed by atoms with Crippen molar-refractivity contribution in [3.8, 4) is 0 Å². The molecule has 1 N–H and O–H groups in total. The zero-order valence-electron chi connectivity index (χ0n) is 10.7. The van der Waals surface area contributed by atoms with E-state index in [0.29, 0.717) is 11.4 Å². The molecule has 0 aliphatic carbocycles. The van der Waals surface area contributed by atoms with Gasteiger partial charge in [-0.1, -0.05) is 11.6 Å². The van der Waals surface area contributed by atoms with E-state index in [0.717, 1.165) is 37.3 Å². The van der Waals surface area contributed by atoms with Gasteiger partial charge in [0.25, 0.3) is 0 Å². The van der Waals surface area contributed by atoms with Crippen LogP contribution in [0.25, 0.3) is 0 Å². The van der Waals surface area contributed by atoms with Gasteiger partial charge in [-0.2, -0.15) is 5.10 Å². The van der Waals surface area contributed by atoms with E-state index < -0.39 is 5.60 Å². The van der Waals surface area contributed by atoms with Gasteiger partial charge >= 0.3 is 0 Å². The minimum Gasteiger partial charge on any atom is -0.389 e. The minimum absolute atomic E-state index is 0.594. The van der Waals surface area contributed by atoms with Crippen molar-refractivity contribution in [2.24, 2.45) is 7.05 Å². The molecule has 1 saturated heterocycles. The maximum absolute atomic E-state index is 10.6. The first-order chi connectivity index (χ1) is 7.91. The molecule has 0 amide bonds. The Labute approximate surface area is 107 Å². The summed E-state index contributed by atoms with van der Waals surface area (Å²) in [4.78, 5) is 2.24. The van der Waals surface area contributed by atoms with Crippen LogP contribution in [-0.2, 0) is 13.5 Å². The molecular formula is C12H20ClN3O. The third kappa shape index (κ3) is 2.64. The van der Waals surface area contributed by atoms with Gasteiger partial charge in [0.1, 0.15) is 0 Å². The van der Waals surface area contributed by atoms with Gasteiger partial charge in [-0.15, -0.1) is 0 Å². The summed E-state index contributed by atoms with van der Waals surface area (Å²) in [7, 11) is 3.97. The molecule has 96 valence electrons. The zero-order chi connectivity index (χ0) is 12.6. The Kier molecular flexibility index (Phi) is 3.48. The monoisotopic (exact) mass is 257 g/mol. The summed E-state index contributed by atoms with van der Waals surface area (Å²) in [6.45, 7) is 3.76. The van der Waals surface area contributed by atoms with Crippen LogP contribution in [0.1, 0.15) is 24.2 Å². The number of hydrogen-bond donors (Lipinski definition) is 1. The standard InChI is InChI=1S/C12H20ClN3O/c1-9-11(13)10(16(3)14-9)8-12(17)4-6-15(2)7-5-12/h17H,4-8H2,1-3H3. The van der Waals surface area contributed by atoms with Crippen molar-refractivity contribution in [3.05, 3.63) is 16.4 Å². The lowest BCUT2D eigenvalue weighted by molar-refractivity contribution is -0.0163. The molecule has 17 heavy (non-hydrogen) atoms. The van der Waals surface area contributed by atoms with Crippen molar-refractivity contribution >= 4 is 11.6 Å². The fourth-order valence-electron chi connectivity index (χ4n) is 2.40. The molecule has 5 heteroatoms. The molecule has 0 saturated carbocycles. The lowest BCUT2D eigenvalue weighted by Gasteiger charge is -2.36. The number of rotatable bonds is 2. The molecule has 1 aromatic heterocycles. The van der Waals surface area contributed by atoms with Gasteiger partial charge in [-0.05, 0) is 26.8 Å². The normalized spacial score (nSPS) is 20.8. The van der Waals surface area contributed by atoms with Crippen molar-refractivity contribution in [3.63, 3.8) is 0 Å². The second-order valence-corrected chi connectivity index (χ2v) is 5.55. The Bertz CT molecular complexity index is 408. The second kappa shape index (κ2) is 4.59. The zero-order valence-corrected chi connectivity index (χ0v) is 11.5. The highest BCUT2D eigenvalue weighted by atomic mass is 35.5. The van der Waals surface area contributed by atoms with Gasteiger partial charge in [0.15, 0.2) is 0 Å². The fraction of sp³-hybridized carbons (Fsp3) is 0.750. The van der Waals surface area contributed by atoms with Crippen LogP contribution in [-0.4, -0.2) is 45.5 Å². The second-order valence-electron chi connectivity index (χ2n) is 5.17. The molecular weight excluding hydrogens is 238 g/mol. The van der Waals surface area contributed by atoms with Crippen LogP contribution in [0.3, 0.4) is 0 Å². The highest BCUT2D eigenvalue weighted by Gasteiger charge is 2.33. The molecule has 0 unspecified atom stereocenters. The van der Waals surface area contributed by atoms with Crippen molar-refractivity contribution in [2.75, 3.05) is 20.1 Å². The molecule has 1 fully saturated rings. The fourth-order valence-corrected chi connectivity index (χ4v) is 2.62. The third-order valence-electron chi connectivity index (χ3n) is 3.68. The first-order valence-electron chi connectivity index (χ1n) is 6.00. The Morgan fingerprint density at radius 2 is 1.94 bits per heavy atom. The number of nitrogens with zero attached hydrogens (tertiary/aromatic N) is 3. The van der Waals surface area contributed by atoms with E-state index in [9.17, 15) is 5.11 Å². The van der Waals surface area contributed by atoms with Crippen LogP contribution in [0.15, 0.2) is 0 Å². The van der Waals surface area contributed by atoms with Gasteiger partial charge in [0, 0.05) is 26.6 Å². The Morgan fingerprint density at radius 1 is 1.35 bits per heavy atom. The minimum atomic E-state index is -0.629. The maximum Gasteiger partial charge on any atom is 0.0848 e. The van der Waals surface area contributed by atoms with E-state index in [1.165, 1.54) is 0 Å². The smallest absolute Gasteiger partial charge is 0.0848 e. The van der Waals surface area contributed by atoms with Crippen molar-refractivity contribution < 1.29 is 5.11 Å². The number of likely N-dealkylation sites (tertiary alicyclic amines) is 1. The molecule has 4 nitrogen and oxygen atoms in total. The predicted molar refractivity (Wildman–Crippen MR) is 68.3 cm³/mol. The summed E-state index contributed by atoms with van der Waals surface area (Å²) < 4.78 is 1.79. The van der Waals surface area contributed by atoms with Crippen LogP contribution in [0.4, 0.5) is 0 Å². The third-order valence-corrected chi connectivity index (χ3v) is 4.17. The highest BCUT2D eigenvalue weighted by Crippen LogP contribution is 2.29. The van der Waals surface area contributed by atoms with Gasteiger partial charge in [0.05, 0.1) is 22.0 Å². The molecule has 0 spiro atoms. The summed E-state index contributed by atoms with van der Waals surface area (Å²) in [5.74, 6) is 0. The number of aromatic nitrogens is 2. The molecule has 1 aliphatic heterocycles. The number of aryl methyl sites for hydroxylation is 2. The first kappa shape index (κ1) is 12.9. The van der Waals surface area contributed by atoms with E-state index in [1.807, 2.05) is 14.0 Å². The van der Waals surface area contributed by atoms with Gasteiger partial charge in [-0.25, -0.2) is 0 Å². The van der Waals surface area contributed by atoms with E-state index in [-0.39, 0.29) is 0 Å². The maximum atomic E-state index is 10.6. The molecule has 0 radical (unpaired) electrons. The molecule has 0 bridgehead atoms. The number of hydrogen-bond acceptors (Lipinski definition) is 3. The van der Waals surface area contributed by atoms with Crippen LogP contribution in [0.2, 0.25) is 5.02 Å². The van der Waals surface area contributed by atoms with Crippen LogP contribution in [0, 0.1) is 6.92 Å². The molecule has 2 rings (SSSR count). The van der Waals surface area contributed by atoms with E-state index in [1.54, 1.807) is 4.68 Å². The lowest BCUT2D eigenvalue weighted by atomic mass is 9.87. The summed E-state index contributed by atoms with van der Waals surface area (Å²) in [5.41, 5.74) is 1.15. The van der Waals surface area contributed by atoms with Crippen LogP contribution in [0.5, 0.6) is 0 Å². The largest absolute Gasteiger partial charge is 0.389 e. The average Bonchev–Trinajstić information content (AvgIpc) is 2.50. The highest BCUT2D eigenvalue weighted by molar-refractivity contribution is 6.31. The SMILES string of the molecule is Cc1nn(C)c(CC2(O)CCN(C)CC2)c1Cl. The summed E-state index contributed by atoms with van der Waals surface area (Å²) in [6, 6.07) is 0. The van der Waals surface area contributed by atoms with E-state index in [2.05, 4.69) is 17.0 Å². The Morgan fingerprint density at radius 3 is 2.41 bits per heavy atom. The molecule has 0 atom stereocenters. The average molecular weight is 258 g/mol. The van der Waals surface area contributed by atoms with Crippen LogP contribution >= 0.6 is 11.6 Å². The lowest BCUT2D eigenvalue weighted by Crippen LogP contribution is -2.44. The number of aliphatic hydroxyl groups is 1. The van der Waals surface area contributed by atoms with Crippen molar-refractivity contribution in [1.29, 1.82) is 0 Å². The molecule has 1 aromatic rings. The summed E-state index contributed by atoms with van der Waals surface area (Å²) in [6.07, 6.45) is 2.19. The van der Waals surface area contributed by atoms with E-state index >= 15 is 0 Å². The quantitative estimate of drug-likeness (QED) is 0.870. The van der Waals surface area contributed by atoms with Gasteiger partial charge < -0.3 is 10.0 Å². The Balaban J connectivity index is 2.15. The molecule has 2 heterocycles. The molecule has 0 aromatic carbocycles. The summed E-state index contributed by atoms with van der Waals surface area (Å²) >= 11 is 6.22. The molecule has 1 aliphatic rings. The number of halogens is 1.